The number of carbonyl (C=O) groups excluding carboxylic acids is 1. The summed E-state index contributed by atoms with van der Waals surface area (Å²) in [6.07, 6.45) is 1.04. The van der Waals surface area contributed by atoms with Gasteiger partial charge in [0.15, 0.2) is 0 Å². The molecular formula is C16H17NO5S. The summed E-state index contributed by atoms with van der Waals surface area (Å²) >= 11 is 0. The zero-order chi connectivity index (χ0) is 16.7. The Morgan fingerprint density at radius 2 is 1.78 bits per heavy atom. The van der Waals surface area contributed by atoms with E-state index in [1.165, 1.54) is 6.07 Å². The second-order valence-corrected chi connectivity index (χ2v) is 6.50. The fraction of sp³-hybridized carbons (Fsp3) is 0.188. The van der Waals surface area contributed by atoms with Gasteiger partial charge in [0.1, 0.15) is 19.0 Å². The Kier molecular flexibility index (Phi) is 5.59. The van der Waals surface area contributed by atoms with Crippen LogP contribution in [0.5, 0.6) is 5.75 Å². The average Bonchev–Trinajstić information content (AvgIpc) is 2.51. The first-order valence-electron chi connectivity index (χ1n) is 6.87. The molecule has 1 N–H and O–H groups in total. The second-order valence-electron chi connectivity index (χ2n) is 4.75. The highest BCUT2D eigenvalue weighted by Crippen LogP contribution is 2.13. The summed E-state index contributed by atoms with van der Waals surface area (Å²) in [6, 6.07) is 15.3. The van der Waals surface area contributed by atoms with Crippen molar-refractivity contribution in [1.29, 1.82) is 0 Å². The lowest BCUT2D eigenvalue weighted by atomic mass is 10.2. The highest BCUT2D eigenvalue weighted by molar-refractivity contribution is 7.92. The summed E-state index contributed by atoms with van der Waals surface area (Å²) in [5, 5.41) is 0. The molecule has 0 fully saturated rings. The monoisotopic (exact) mass is 335 g/mol. The van der Waals surface area contributed by atoms with Crippen LogP contribution in [0.1, 0.15) is 10.4 Å². The third kappa shape index (κ3) is 5.99. The van der Waals surface area contributed by atoms with Crippen LogP contribution in [-0.2, 0) is 14.8 Å². The van der Waals surface area contributed by atoms with Crippen molar-refractivity contribution < 1.29 is 22.7 Å². The van der Waals surface area contributed by atoms with Gasteiger partial charge in [0.25, 0.3) is 0 Å². The Balaban J connectivity index is 1.85. The van der Waals surface area contributed by atoms with Crippen molar-refractivity contribution in [2.75, 3.05) is 24.2 Å². The summed E-state index contributed by atoms with van der Waals surface area (Å²) in [5.74, 6) is 0.154. The summed E-state index contributed by atoms with van der Waals surface area (Å²) in [6.45, 7) is 0.328. The van der Waals surface area contributed by atoms with Crippen molar-refractivity contribution >= 4 is 21.7 Å². The van der Waals surface area contributed by atoms with Gasteiger partial charge in [-0.3, -0.25) is 4.72 Å². The molecule has 0 saturated carbocycles. The molecule has 0 heterocycles. The maximum atomic E-state index is 11.9. The molecule has 0 saturated heterocycles. The van der Waals surface area contributed by atoms with Crippen LogP contribution in [-0.4, -0.2) is 33.9 Å². The molecule has 0 spiro atoms. The zero-order valence-electron chi connectivity index (χ0n) is 12.6. The van der Waals surface area contributed by atoms with E-state index in [9.17, 15) is 13.2 Å². The van der Waals surface area contributed by atoms with Gasteiger partial charge in [0.2, 0.25) is 10.0 Å². The number of para-hydroxylation sites is 1. The topological polar surface area (TPSA) is 81.7 Å². The van der Waals surface area contributed by atoms with Crippen molar-refractivity contribution in [3.05, 3.63) is 60.2 Å². The van der Waals surface area contributed by atoms with Crippen molar-refractivity contribution in [3.63, 3.8) is 0 Å². The van der Waals surface area contributed by atoms with Crippen LogP contribution in [0.4, 0.5) is 5.69 Å². The van der Waals surface area contributed by atoms with Gasteiger partial charge in [-0.1, -0.05) is 24.3 Å². The molecule has 0 aliphatic carbocycles. The van der Waals surface area contributed by atoms with E-state index >= 15 is 0 Å². The number of hydrogen-bond acceptors (Lipinski definition) is 5. The Hall–Kier alpha value is -2.54. The van der Waals surface area contributed by atoms with Crippen LogP contribution in [0.2, 0.25) is 0 Å². The van der Waals surface area contributed by atoms with Gasteiger partial charge in [-0.05, 0) is 30.3 Å². The summed E-state index contributed by atoms with van der Waals surface area (Å²) in [7, 11) is -3.39. The predicted molar refractivity (Wildman–Crippen MR) is 87.1 cm³/mol. The number of anilines is 1. The summed E-state index contributed by atoms with van der Waals surface area (Å²) in [4.78, 5) is 11.9. The molecule has 0 unspecified atom stereocenters. The first-order valence-corrected chi connectivity index (χ1v) is 8.76. The van der Waals surface area contributed by atoms with E-state index in [4.69, 9.17) is 9.47 Å². The van der Waals surface area contributed by atoms with Gasteiger partial charge in [-0.25, -0.2) is 13.2 Å². The highest BCUT2D eigenvalue weighted by atomic mass is 32.2. The van der Waals surface area contributed by atoms with E-state index in [1.807, 2.05) is 30.3 Å². The number of esters is 1. The van der Waals surface area contributed by atoms with Gasteiger partial charge in [0.05, 0.1) is 11.8 Å². The van der Waals surface area contributed by atoms with E-state index in [-0.39, 0.29) is 18.8 Å². The molecular weight excluding hydrogens is 318 g/mol. The number of hydrogen-bond donors (Lipinski definition) is 1. The molecule has 7 heteroatoms. The van der Waals surface area contributed by atoms with Crippen molar-refractivity contribution in [2.45, 2.75) is 0 Å². The Morgan fingerprint density at radius 1 is 1.04 bits per heavy atom. The molecule has 2 aromatic rings. The van der Waals surface area contributed by atoms with E-state index < -0.39 is 16.0 Å². The number of rotatable bonds is 7. The summed E-state index contributed by atoms with van der Waals surface area (Å²) in [5.41, 5.74) is 0.570. The SMILES string of the molecule is CS(=O)(=O)Nc1cccc(C(=O)OCCOc2ccccc2)c1. The van der Waals surface area contributed by atoms with Crippen LogP contribution in [0, 0.1) is 0 Å². The minimum absolute atomic E-state index is 0.0947. The largest absolute Gasteiger partial charge is 0.490 e. The molecule has 2 rings (SSSR count). The number of benzene rings is 2. The predicted octanol–water partition coefficient (Wildman–Crippen LogP) is 2.29. The Bertz CT molecular complexity index is 759. The standard InChI is InChI=1S/C16H17NO5S/c1-23(19,20)17-14-7-5-6-13(12-14)16(18)22-11-10-21-15-8-3-2-4-9-15/h2-9,12,17H,10-11H2,1H3. The van der Waals surface area contributed by atoms with E-state index in [2.05, 4.69) is 4.72 Å². The smallest absolute Gasteiger partial charge is 0.338 e. The van der Waals surface area contributed by atoms with Gasteiger partial charge in [0, 0.05) is 5.69 Å². The molecule has 6 nitrogen and oxygen atoms in total. The Labute approximate surface area is 135 Å². The molecule has 0 aromatic heterocycles. The maximum absolute atomic E-state index is 11.9. The molecule has 0 aliphatic heterocycles. The number of nitrogens with one attached hydrogen (secondary N) is 1. The third-order valence-corrected chi connectivity index (χ3v) is 3.34. The van der Waals surface area contributed by atoms with Crippen LogP contribution >= 0.6 is 0 Å². The van der Waals surface area contributed by atoms with Gasteiger partial charge < -0.3 is 9.47 Å². The fourth-order valence-electron chi connectivity index (χ4n) is 1.82. The molecule has 0 atom stereocenters. The molecule has 2 aromatic carbocycles. The first-order chi connectivity index (χ1) is 10.9. The molecule has 0 radical (unpaired) electrons. The lowest BCUT2D eigenvalue weighted by Gasteiger charge is -2.08. The summed E-state index contributed by atoms with van der Waals surface area (Å²) < 4.78 is 35.2. The van der Waals surface area contributed by atoms with E-state index in [0.717, 1.165) is 6.26 Å². The third-order valence-electron chi connectivity index (χ3n) is 2.73. The van der Waals surface area contributed by atoms with Gasteiger partial charge in [-0.2, -0.15) is 0 Å². The average molecular weight is 335 g/mol. The first kappa shape index (κ1) is 16.8. The van der Waals surface area contributed by atoms with E-state index in [0.29, 0.717) is 11.4 Å². The van der Waals surface area contributed by atoms with Crippen LogP contribution < -0.4 is 9.46 Å². The second kappa shape index (κ2) is 7.64. The normalized spacial score (nSPS) is 10.8. The lowest BCUT2D eigenvalue weighted by Crippen LogP contribution is -2.13. The highest BCUT2D eigenvalue weighted by Gasteiger charge is 2.09. The van der Waals surface area contributed by atoms with Crippen LogP contribution in [0.3, 0.4) is 0 Å². The number of sulfonamides is 1. The molecule has 23 heavy (non-hydrogen) atoms. The van der Waals surface area contributed by atoms with Crippen molar-refractivity contribution in [1.82, 2.24) is 0 Å². The quantitative estimate of drug-likeness (QED) is 0.620. The number of carbonyl (C=O) groups is 1. The molecule has 122 valence electrons. The van der Waals surface area contributed by atoms with Crippen molar-refractivity contribution in [2.24, 2.45) is 0 Å². The van der Waals surface area contributed by atoms with Crippen molar-refractivity contribution in [3.8, 4) is 5.75 Å². The number of ether oxygens (including phenoxy) is 2. The van der Waals surface area contributed by atoms with Gasteiger partial charge in [-0.15, -0.1) is 0 Å². The molecule has 0 bridgehead atoms. The van der Waals surface area contributed by atoms with E-state index in [1.54, 1.807) is 18.2 Å². The lowest BCUT2D eigenvalue weighted by molar-refractivity contribution is 0.0450. The zero-order valence-corrected chi connectivity index (χ0v) is 13.4. The van der Waals surface area contributed by atoms with Crippen LogP contribution in [0.25, 0.3) is 0 Å². The van der Waals surface area contributed by atoms with Gasteiger partial charge >= 0.3 is 5.97 Å². The molecule has 0 amide bonds. The molecule has 0 aliphatic rings. The fourth-order valence-corrected chi connectivity index (χ4v) is 2.37. The maximum Gasteiger partial charge on any atom is 0.338 e. The van der Waals surface area contributed by atoms with Crippen LogP contribution in [0.15, 0.2) is 54.6 Å². The minimum Gasteiger partial charge on any atom is -0.490 e. The minimum atomic E-state index is -3.39. The Morgan fingerprint density at radius 3 is 2.48 bits per heavy atom.